The van der Waals surface area contributed by atoms with Gasteiger partial charge in [0.15, 0.2) is 0 Å². The first-order valence-corrected chi connectivity index (χ1v) is 8.22. The standard InChI is InChI=1S/C17H23FN2S/c1-13(2)20(12-14-6-5-11-21-14)10-9-17(19)15-7-3-4-8-16(15)18/h3-8,11,13,17H,9-10,12,19H2,1-2H3. The fraction of sp³-hybridized carbons (Fsp3) is 0.412. The summed E-state index contributed by atoms with van der Waals surface area (Å²) in [5, 5.41) is 2.10. The van der Waals surface area contributed by atoms with Gasteiger partial charge in [-0.15, -0.1) is 11.3 Å². The molecule has 0 aliphatic heterocycles. The monoisotopic (exact) mass is 306 g/mol. The number of hydrogen-bond donors (Lipinski definition) is 1. The van der Waals surface area contributed by atoms with Gasteiger partial charge in [-0.25, -0.2) is 4.39 Å². The van der Waals surface area contributed by atoms with Crippen molar-refractivity contribution in [2.24, 2.45) is 5.73 Å². The molecule has 114 valence electrons. The van der Waals surface area contributed by atoms with Gasteiger partial charge >= 0.3 is 0 Å². The molecule has 2 rings (SSSR count). The second-order valence-electron chi connectivity index (χ2n) is 5.56. The number of nitrogens with zero attached hydrogens (tertiary/aromatic N) is 1. The van der Waals surface area contributed by atoms with Crippen LogP contribution in [0.15, 0.2) is 41.8 Å². The van der Waals surface area contributed by atoms with Gasteiger partial charge < -0.3 is 5.73 Å². The maximum atomic E-state index is 13.7. The lowest BCUT2D eigenvalue weighted by molar-refractivity contribution is 0.206. The van der Waals surface area contributed by atoms with Crippen LogP contribution in [0.25, 0.3) is 0 Å². The van der Waals surface area contributed by atoms with E-state index < -0.39 is 0 Å². The third-order valence-electron chi connectivity index (χ3n) is 3.70. The average Bonchev–Trinajstić information content (AvgIpc) is 2.96. The van der Waals surface area contributed by atoms with Crippen LogP contribution in [0.2, 0.25) is 0 Å². The molecule has 2 aromatic rings. The van der Waals surface area contributed by atoms with Crippen molar-refractivity contribution in [3.8, 4) is 0 Å². The van der Waals surface area contributed by atoms with Gasteiger partial charge in [0, 0.05) is 35.6 Å². The predicted octanol–water partition coefficient (Wildman–Crippen LogP) is 4.19. The zero-order valence-electron chi connectivity index (χ0n) is 12.6. The van der Waals surface area contributed by atoms with Gasteiger partial charge in [0.1, 0.15) is 5.82 Å². The first-order valence-electron chi connectivity index (χ1n) is 7.34. The summed E-state index contributed by atoms with van der Waals surface area (Å²) in [5.41, 5.74) is 6.76. The summed E-state index contributed by atoms with van der Waals surface area (Å²) in [6.45, 7) is 6.16. The van der Waals surface area contributed by atoms with E-state index in [0.29, 0.717) is 11.6 Å². The molecule has 1 unspecified atom stereocenters. The first kappa shape index (κ1) is 16.1. The largest absolute Gasteiger partial charge is 0.324 e. The molecular formula is C17H23FN2S. The van der Waals surface area contributed by atoms with E-state index in [1.54, 1.807) is 23.5 Å². The van der Waals surface area contributed by atoms with Crippen LogP contribution < -0.4 is 5.73 Å². The Hall–Kier alpha value is -1.23. The Bertz CT molecular complexity index is 539. The molecule has 1 heterocycles. The lowest BCUT2D eigenvalue weighted by Crippen LogP contribution is -2.32. The topological polar surface area (TPSA) is 29.3 Å². The van der Waals surface area contributed by atoms with Crippen LogP contribution in [0.4, 0.5) is 4.39 Å². The number of rotatable bonds is 7. The lowest BCUT2D eigenvalue weighted by atomic mass is 10.0. The summed E-state index contributed by atoms with van der Waals surface area (Å²) < 4.78 is 13.7. The summed E-state index contributed by atoms with van der Waals surface area (Å²) in [4.78, 5) is 3.73. The van der Waals surface area contributed by atoms with Crippen molar-refractivity contribution < 1.29 is 4.39 Å². The van der Waals surface area contributed by atoms with Crippen molar-refractivity contribution in [3.05, 3.63) is 58.0 Å². The number of nitrogens with two attached hydrogens (primary N) is 1. The highest BCUT2D eigenvalue weighted by molar-refractivity contribution is 7.09. The lowest BCUT2D eigenvalue weighted by Gasteiger charge is -2.27. The van der Waals surface area contributed by atoms with Crippen LogP contribution in [0, 0.1) is 5.82 Å². The summed E-state index contributed by atoms with van der Waals surface area (Å²) in [6.07, 6.45) is 0.754. The molecule has 0 fully saturated rings. The summed E-state index contributed by atoms with van der Waals surface area (Å²) in [7, 11) is 0. The fourth-order valence-electron chi connectivity index (χ4n) is 2.36. The van der Waals surface area contributed by atoms with Crippen molar-refractivity contribution >= 4 is 11.3 Å². The molecule has 0 bridgehead atoms. The Morgan fingerprint density at radius 3 is 2.57 bits per heavy atom. The van der Waals surface area contributed by atoms with Crippen LogP contribution in [0.5, 0.6) is 0 Å². The molecule has 0 aliphatic rings. The van der Waals surface area contributed by atoms with E-state index in [1.165, 1.54) is 10.9 Å². The number of thiophene rings is 1. The highest BCUT2D eigenvalue weighted by atomic mass is 32.1. The van der Waals surface area contributed by atoms with Crippen LogP contribution in [0.1, 0.15) is 36.8 Å². The van der Waals surface area contributed by atoms with Crippen LogP contribution >= 0.6 is 11.3 Å². The van der Waals surface area contributed by atoms with Crippen molar-refractivity contribution in [1.29, 1.82) is 0 Å². The Morgan fingerprint density at radius 2 is 1.95 bits per heavy atom. The molecule has 2 N–H and O–H groups in total. The Morgan fingerprint density at radius 1 is 1.19 bits per heavy atom. The number of hydrogen-bond acceptors (Lipinski definition) is 3. The molecule has 4 heteroatoms. The quantitative estimate of drug-likeness (QED) is 0.831. The number of halogens is 1. The zero-order chi connectivity index (χ0) is 15.2. The van der Waals surface area contributed by atoms with E-state index in [1.807, 2.05) is 6.07 Å². The molecule has 1 aromatic carbocycles. The second-order valence-corrected chi connectivity index (χ2v) is 6.59. The third kappa shape index (κ3) is 4.63. The number of benzene rings is 1. The molecule has 0 saturated heterocycles. The minimum atomic E-state index is -0.254. The van der Waals surface area contributed by atoms with Gasteiger partial charge in [0.2, 0.25) is 0 Å². The molecule has 0 radical (unpaired) electrons. The molecule has 2 nitrogen and oxygen atoms in total. The summed E-state index contributed by atoms with van der Waals surface area (Å²) >= 11 is 1.77. The van der Waals surface area contributed by atoms with Crippen LogP contribution in [-0.4, -0.2) is 17.5 Å². The minimum Gasteiger partial charge on any atom is -0.324 e. The average molecular weight is 306 g/mol. The SMILES string of the molecule is CC(C)N(CCC(N)c1ccccc1F)Cc1cccs1. The molecule has 1 aromatic heterocycles. The molecule has 1 atom stereocenters. The van der Waals surface area contributed by atoms with E-state index >= 15 is 0 Å². The molecule has 0 aliphatic carbocycles. The van der Waals surface area contributed by atoms with Crippen molar-refractivity contribution in [2.45, 2.75) is 38.9 Å². The van der Waals surface area contributed by atoms with E-state index in [9.17, 15) is 4.39 Å². The van der Waals surface area contributed by atoms with Gasteiger partial charge in [-0.3, -0.25) is 4.90 Å². The zero-order valence-corrected chi connectivity index (χ0v) is 13.4. The van der Waals surface area contributed by atoms with Crippen molar-refractivity contribution in [1.82, 2.24) is 4.90 Å². The van der Waals surface area contributed by atoms with E-state index in [4.69, 9.17) is 5.73 Å². The Balaban J connectivity index is 1.94. The fourth-order valence-corrected chi connectivity index (χ4v) is 3.09. The molecular weight excluding hydrogens is 283 g/mol. The highest BCUT2D eigenvalue weighted by Gasteiger charge is 2.15. The summed E-state index contributed by atoms with van der Waals surface area (Å²) in [6, 6.07) is 11.2. The van der Waals surface area contributed by atoms with Crippen LogP contribution in [0.3, 0.4) is 0 Å². The van der Waals surface area contributed by atoms with E-state index in [-0.39, 0.29) is 11.9 Å². The van der Waals surface area contributed by atoms with Gasteiger partial charge in [-0.2, -0.15) is 0 Å². The maximum absolute atomic E-state index is 13.7. The Labute approximate surface area is 130 Å². The smallest absolute Gasteiger partial charge is 0.127 e. The van der Waals surface area contributed by atoms with Gasteiger partial charge in [0.05, 0.1) is 0 Å². The predicted molar refractivity (Wildman–Crippen MR) is 87.8 cm³/mol. The molecule has 21 heavy (non-hydrogen) atoms. The van der Waals surface area contributed by atoms with Gasteiger partial charge in [-0.05, 0) is 37.8 Å². The van der Waals surface area contributed by atoms with Crippen LogP contribution in [-0.2, 0) is 6.54 Å². The first-order chi connectivity index (χ1) is 10.1. The van der Waals surface area contributed by atoms with Crippen molar-refractivity contribution in [3.63, 3.8) is 0 Å². The van der Waals surface area contributed by atoms with Gasteiger partial charge in [0.25, 0.3) is 0 Å². The Kier molecular flexibility index (Phi) is 5.91. The highest BCUT2D eigenvalue weighted by Crippen LogP contribution is 2.20. The van der Waals surface area contributed by atoms with Crippen molar-refractivity contribution in [2.75, 3.05) is 6.54 Å². The maximum Gasteiger partial charge on any atom is 0.127 e. The third-order valence-corrected chi connectivity index (χ3v) is 4.56. The molecule has 0 spiro atoms. The van der Waals surface area contributed by atoms with E-state index in [0.717, 1.165) is 19.5 Å². The second kappa shape index (κ2) is 7.69. The normalized spacial score (nSPS) is 13.0. The summed E-state index contributed by atoms with van der Waals surface area (Å²) in [5.74, 6) is -0.209. The van der Waals surface area contributed by atoms with E-state index in [2.05, 4.69) is 36.3 Å². The molecule has 0 amide bonds. The molecule has 0 saturated carbocycles. The van der Waals surface area contributed by atoms with Gasteiger partial charge in [-0.1, -0.05) is 24.3 Å². The minimum absolute atomic E-state index is 0.209.